The Labute approximate surface area is 216 Å². The summed E-state index contributed by atoms with van der Waals surface area (Å²) in [5.74, 6) is 1.92. The molecule has 0 aliphatic carbocycles. The van der Waals surface area contributed by atoms with Crippen LogP contribution in [0.25, 0.3) is 0 Å². The molecule has 36 heavy (non-hydrogen) atoms. The molecule has 0 aliphatic heterocycles. The molecule has 2 aromatic rings. The third-order valence-electron chi connectivity index (χ3n) is 5.94. The maximum Gasteiger partial charge on any atom is 0.242 e. The van der Waals surface area contributed by atoms with E-state index in [9.17, 15) is 9.59 Å². The molecule has 0 fully saturated rings. The molecular weight excluding hydrogens is 456 g/mol. The Morgan fingerprint density at radius 2 is 1.69 bits per heavy atom. The second-order valence-electron chi connectivity index (χ2n) is 8.59. The van der Waals surface area contributed by atoms with Crippen molar-refractivity contribution in [2.75, 3.05) is 26.9 Å². The van der Waals surface area contributed by atoms with Gasteiger partial charge < -0.3 is 24.4 Å². The quantitative estimate of drug-likeness (QED) is 0.324. The highest BCUT2D eigenvalue weighted by molar-refractivity contribution is 5.87. The monoisotopic (exact) mass is 498 g/mol. The molecule has 0 aliphatic rings. The van der Waals surface area contributed by atoms with Gasteiger partial charge >= 0.3 is 0 Å². The van der Waals surface area contributed by atoms with Crippen LogP contribution in [0.3, 0.4) is 0 Å². The number of nitrogens with one attached hydrogen (secondary N) is 1. The molecule has 1 atom stereocenters. The van der Waals surface area contributed by atoms with E-state index in [1.54, 1.807) is 12.0 Å². The summed E-state index contributed by atoms with van der Waals surface area (Å²) in [5.41, 5.74) is 1.90. The van der Waals surface area contributed by atoms with Gasteiger partial charge in [-0.1, -0.05) is 38.5 Å². The van der Waals surface area contributed by atoms with Crippen molar-refractivity contribution in [3.63, 3.8) is 0 Å². The Morgan fingerprint density at radius 1 is 0.944 bits per heavy atom. The molecule has 2 aromatic carbocycles. The van der Waals surface area contributed by atoms with Gasteiger partial charge in [0, 0.05) is 19.5 Å². The first kappa shape index (κ1) is 29.0. The van der Waals surface area contributed by atoms with E-state index in [2.05, 4.69) is 12.2 Å². The smallest absolute Gasteiger partial charge is 0.242 e. The van der Waals surface area contributed by atoms with Crippen molar-refractivity contribution in [2.45, 2.75) is 72.4 Å². The molecule has 0 spiro atoms. The number of unbranched alkanes of at least 4 members (excludes halogenated alkanes) is 1. The highest BCUT2D eigenvalue weighted by Gasteiger charge is 2.28. The lowest BCUT2D eigenvalue weighted by atomic mass is 10.1. The van der Waals surface area contributed by atoms with Crippen LogP contribution in [0.15, 0.2) is 42.5 Å². The van der Waals surface area contributed by atoms with Gasteiger partial charge in [0.1, 0.15) is 11.8 Å². The summed E-state index contributed by atoms with van der Waals surface area (Å²) >= 11 is 0. The molecule has 7 heteroatoms. The third-order valence-corrected chi connectivity index (χ3v) is 5.94. The summed E-state index contributed by atoms with van der Waals surface area (Å²) in [6.07, 6.45) is 3.25. The zero-order valence-electron chi connectivity index (χ0n) is 22.5. The van der Waals surface area contributed by atoms with Gasteiger partial charge in [-0.15, -0.1) is 0 Å². The van der Waals surface area contributed by atoms with Crippen molar-refractivity contribution in [3.05, 3.63) is 53.6 Å². The lowest BCUT2D eigenvalue weighted by molar-refractivity contribution is -0.141. The molecule has 0 aromatic heterocycles. The van der Waals surface area contributed by atoms with E-state index in [0.29, 0.717) is 50.6 Å². The van der Waals surface area contributed by atoms with Gasteiger partial charge in [0.05, 0.1) is 20.3 Å². The van der Waals surface area contributed by atoms with Crippen LogP contribution in [0.1, 0.15) is 64.5 Å². The Morgan fingerprint density at radius 3 is 2.36 bits per heavy atom. The number of aryl methyl sites for hydroxylation is 1. The van der Waals surface area contributed by atoms with Gasteiger partial charge in [-0.25, -0.2) is 0 Å². The number of hydrogen-bond acceptors (Lipinski definition) is 5. The van der Waals surface area contributed by atoms with Crippen LogP contribution < -0.4 is 19.5 Å². The maximum atomic E-state index is 13.5. The number of carbonyl (C=O) groups excluding carboxylic acids is 2. The fourth-order valence-electron chi connectivity index (χ4n) is 4.04. The Balaban J connectivity index is 2.23. The molecule has 0 unspecified atom stereocenters. The van der Waals surface area contributed by atoms with E-state index in [1.807, 2.05) is 63.2 Å². The van der Waals surface area contributed by atoms with Gasteiger partial charge in [-0.3, -0.25) is 9.59 Å². The van der Waals surface area contributed by atoms with Gasteiger partial charge in [-0.2, -0.15) is 0 Å². The highest BCUT2D eigenvalue weighted by Crippen LogP contribution is 2.29. The number of rotatable bonds is 16. The molecule has 0 saturated carbocycles. The number of benzene rings is 2. The van der Waals surface area contributed by atoms with Crippen LogP contribution in [-0.2, 0) is 22.6 Å². The van der Waals surface area contributed by atoms with Crippen molar-refractivity contribution in [2.24, 2.45) is 0 Å². The molecule has 1 N–H and O–H groups in total. The van der Waals surface area contributed by atoms with Crippen LogP contribution in [0.2, 0.25) is 0 Å². The molecule has 7 nitrogen and oxygen atoms in total. The standard InChI is InChI=1S/C29H42N2O5/c1-6-10-18-30-29(33)25(7-2)31(21-23-12-11-13-24(19-23)34-5)28(32)17-15-22-14-16-26(35-8-3)27(20-22)36-9-4/h11-14,16,19-20,25H,6-10,15,17-18,21H2,1-5H3,(H,30,33)/t25-/m1/s1. The normalized spacial score (nSPS) is 11.5. The van der Waals surface area contributed by atoms with E-state index in [0.717, 1.165) is 29.7 Å². The third kappa shape index (κ3) is 8.77. The second kappa shape index (κ2) is 15.7. The van der Waals surface area contributed by atoms with Crippen molar-refractivity contribution in [1.29, 1.82) is 0 Å². The van der Waals surface area contributed by atoms with Crippen LogP contribution in [0, 0.1) is 0 Å². The zero-order valence-corrected chi connectivity index (χ0v) is 22.5. The predicted molar refractivity (Wildman–Crippen MR) is 143 cm³/mol. The predicted octanol–water partition coefficient (Wildman–Crippen LogP) is 5.15. The first-order valence-electron chi connectivity index (χ1n) is 13.1. The van der Waals surface area contributed by atoms with Crippen LogP contribution in [-0.4, -0.2) is 49.6 Å². The Kier molecular flexibility index (Phi) is 12.7. The lowest BCUT2D eigenvalue weighted by Crippen LogP contribution is -2.49. The van der Waals surface area contributed by atoms with Gasteiger partial charge in [0.2, 0.25) is 11.8 Å². The fraction of sp³-hybridized carbons (Fsp3) is 0.517. The van der Waals surface area contributed by atoms with Crippen molar-refractivity contribution in [3.8, 4) is 17.2 Å². The first-order valence-corrected chi connectivity index (χ1v) is 13.1. The Bertz CT molecular complexity index is 962. The average Bonchev–Trinajstić information content (AvgIpc) is 2.89. The highest BCUT2D eigenvalue weighted by atomic mass is 16.5. The largest absolute Gasteiger partial charge is 0.497 e. The number of ether oxygens (including phenoxy) is 3. The number of amides is 2. The minimum atomic E-state index is -0.542. The van der Waals surface area contributed by atoms with E-state index in [4.69, 9.17) is 14.2 Å². The first-order chi connectivity index (χ1) is 17.5. The van der Waals surface area contributed by atoms with Crippen molar-refractivity contribution >= 4 is 11.8 Å². The maximum absolute atomic E-state index is 13.5. The van der Waals surface area contributed by atoms with Gasteiger partial charge in [-0.05, 0) is 68.5 Å². The van der Waals surface area contributed by atoms with Gasteiger partial charge in [0.25, 0.3) is 0 Å². The number of carbonyl (C=O) groups is 2. The van der Waals surface area contributed by atoms with Crippen molar-refractivity contribution in [1.82, 2.24) is 10.2 Å². The summed E-state index contributed by atoms with van der Waals surface area (Å²) in [7, 11) is 1.62. The summed E-state index contributed by atoms with van der Waals surface area (Å²) in [5, 5.41) is 3.00. The second-order valence-corrected chi connectivity index (χ2v) is 8.59. The summed E-state index contributed by atoms with van der Waals surface area (Å²) in [4.78, 5) is 28.3. The molecule has 198 valence electrons. The lowest BCUT2D eigenvalue weighted by Gasteiger charge is -2.31. The molecule has 0 saturated heterocycles. The van der Waals surface area contributed by atoms with Crippen molar-refractivity contribution < 1.29 is 23.8 Å². The molecular formula is C29H42N2O5. The topological polar surface area (TPSA) is 77.1 Å². The van der Waals surface area contributed by atoms with E-state index >= 15 is 0 Å². The molecule has 2 amide bonds. The zero-order chi connectivity index (χ0) is 26.3. The van der Waals surface area contributed by atoms with E-state index in [1.165, 1.54) is 0 Å². The average molecular weight is 499 g/mol. The van der Waals surface area contributed by atoms with E-state index < -0.39 is 6.04 Å². The minimum absolute atomic E-state index is 0.0674. The van der Waals surface area contributed by atoms with Crippen LogP contribution >= 0.6 is 0 Å². The summed E-state index contributed by atoms with van der Waals surface area (Å²) < 4.78 is 16.7. The number of hydrogen-bond donors (Lipinski definition) is 1. The molecule has 0 heterocycles. The SMILES string of the molecule is CCCCNC(=O)[C@@H](CC)N(Cc1cccc(OC)c1)C(=O)CCc1ccc(OCC)c(OCC)c1. The fourth-order valence-corrected chi connectivity index (χ4v) is 4.04. The number of nitrogens with zero attached hydrogens (tertiary/aromatic N) is 1. The molecule has 0 radical (unpaired) electrons. The van der Waals surface area contributed by atoms with Gasteiger partial charge in [0.15, 0.2) is 11.5 Å². The molecule has 2 rings (SSSR count). The number of methoxy groups -OCH3 is 1. The van der Waals surface area contributed by atoms with E-state index in [-0.39, 0.29) is 18.2 Å². The Hall–Kier alpha value is -3.22. The summed E-state index contributed by atoms with van der Waals surface area (Å²) in [6, 6.07) is 12.9. The summed E-state index contributed by atoms with van der Waals surface area (Å²) in [6.45, 7) is 9.91. The molecule has 0 bridgehead atoms. The van der Waals surface area contributed by atoms with Crippen LogP contribution in [0.5, 0.6) is 17.2 Å². The van der Waals surface area contributed by atoms with Crippen LogP contribution in [0.4, 0.5) is 0 Å². The minimum Gasteiger partial charge on any atom is -0.497 e.